The van der Waals surface area contributed by atoms with Crippen LogP contribution in [0.4, 0.5) is 26.3 Å². The molecule has 0 radical (unpaired) electrons. The lowest BCUT2D eigenvalue weighted by atomic mass is 10.0. The van der Waals surface area contributed by atoms with Gasteiger partial charge >= 0.3 is 5.97 Å². The topological polar surface area (TPSA) is 115 Å². The molecule has 0 saturated carbocycles. The van der Waals surface area contributed by atoms with E-state index in [0.717, 1.165) is 16.5 Å². The quantitative estimate of drug-likeness (QED) is 0.144. The number of fused-ring (bicyclic) bond motifs is 1. The summed E-state index contributed by atoms with van der Waals surface area (Å²) in [5, 5.41) is 22.4. The second kappa shape index (κ2) is 15.0. The zero-order valence-corrected chi connectivity index (χ0v) is 26.2. The van der Waals surface area contributed by atoms with Crippen molar-refractivity contribution in [3.8, 4) is 28.4 Å². The average molecular weight is 697 g/mol. The first-order valence-electron chi connectivity index (χ1n) is 14.8. The Bertz CT molecular complexity index is 2130. The molecule has 0 fully saturated rings. The first kappa shape index (κ1) is 35.3. The third-order valence-electron chi connectivity index (χ3n) is 7.20. The molecule has 0 spiro atoms. The molecule has 0 atom stereocenters. The Hall–Kier alpha value is -6.05. The molecule has 6 aromatic rings. The summed E-state index contributed by atoms with van der Waals surface area (Å²) < 4.78 is 94.1. The standard InChI is InChI=1S/C30H23F3N2O5.C6H3F3O/c1-16(2)28-22(27(35-40-28)15-39-29-23(32)12-20(31)13-24(29)33)14-38-21-7-3-17(4-8-21)18-5-9-25-19(11-18)6-10-26(34-25)30(36)37;7-3-1-4(8)6(10)5(9)2-3/h3-13,16H,14-15H2,1-2H3,(H,36,37);1-2,10H. The van der Waals surface area contributed by atoms with Gasteiger partial charge < -0.3 is 24.2 Å². The molecule has 4 aromatic carbocycles. The molecule has 8 nitrogen and oxygen atoms in total. The summed E-state index contributed by atoms with van der Waals surface area (Å²) in [6.45, 7) is 3.57. The fourth-order valence-corrected chi connectivity index (χ4v) is 4.74. The third kappa shape index (κ3) is 8.14. The number of carboxylic acids is 1. The summed E-state index contributed by atoms with van der Waals surface area (Å²) in [6, 6.07) is 18.0. The maximum atomic E-state index is 14.0. The van der Waals surface area contributed by atoms with Crippen molar-refractivity contribution >= 4 is 16.9 Å². The predicted octanol–water partition coefficient (Wildman–Crippen LogP) is 9.10. The number of aromatic hydroxyl groups is 1. The van der Waals surface area contributed by atoms with Crippen molar-refractivity contribution in [2.24, 2.45) is 0 Å². The van der Waals surface area contributed by atoms with Gasteiger partial charge in [0.25, 0.3) is 0 Å². The van der Waals surface area contributed by atoms with Crippen LogP contribution in [0.25, 0.3) is 22.0 Å². The largest absolute Gasteiger partial charge is 0.503 e. The molecule has 6 rings (SSSR count). The smallest absolute Gasteiger partial charge is 0.354 e. The highest BCUT2D eigenvalue weighted by Gasteiger charge is 2.22. The second-order valence-corrected chi connectivity index (χ2v) is 11.1. The summed E-state index contributed by atoms with van der Waals surface area (Å²) >= 11 is 0. The van der Waals surface area contributed by atoms with E-state index in [1.165, 1.54) is 6.07 Å². The molecule has 0 aliphatic heterocycles. The lowest BCUT2D eigenvalue weighted by Gasteiger charge is -2.11. The fourth-order valence-electron chi connectivity index (χ4n) is 4.74. The molecule has 2 heterocycles. The number of carboxylic acid groups (broad SMARTS) is 1. The number of phenols is 1. The average Bonchev–Trinajstić information content (AvgIpc) is 3.48. The number of ether oxygens (including phenoxy) is 2. The number of aromatic nitrogens is 2. The summed E-state index contributed by atoms with van der Waals surface area (Å²) in [5.41, 5.74) is 3.30. The Morgan fingerprint density at radius 1 is 0.760 bits per heavy atom. The lowest BCUT2D eigenvalue weighted by Crippen LogP contribution is -2.06. The molecule has 2 aromatic heterocycles. The van der Waals surface area contributed by atoms with Gasteiger partial charge in [-0.15, -0.1) is 0 Å². The van der Waals surface area contributed by atoms with Crippen LogP contribution in [0.5, 0.6) is 17.2 Å². The number of benzene rings is 4. The molecular formula is C36H26F6N2O6. The first-order valence-corrected chi connectivity index (χ1v) is 14.8. The maximum absolute atomic E-state index is 14.0. The van der Waals surface area contributed by atoms with E-state index in [0.29, 0.717) is 52.5 Å². The first-order chi connectivity index (χ1) is 23.8. The zero-order valence-electron chi connectivity index (χ0n) is 26.2. The molecule has 0 bridgehead atoms. The normalized spacial score (nSPS) is 11.0. The van der Waals surface area contributed by atoms with Gasteiger partial charge in [-0.2, -0.15) is 0 Å². The number of hydrogen-bond donors (Lipinski definition) is 2. The van der Waals surface area contributed by atoms with Gasteiger partial charge in [0.15, 0.2) is 34.8 Å². The molecular weight excluding hydrogens is 670 g/mol. The summed E-state index contributed by atoms with van der Waals surface area (Å²) in [5.74, 6) is -8.86. The summed E-state index contributed by atoms with van der Waals surface area (Å²) in [6.07, 6.45) is 0. The van der Waals surface area contributed by atoms with Crippen LogP contribution < -0.4 is 9.47 Å². The second-order valence-electron chi connectivity index (χ2n) is 11.1. The van der Waals surface area contributed by atoms with Crippen molar-refractivity contribution < 1.29 is 55.3 Å². The Kier molecular flexibility index (Phi) is 10.6. The van der Waals surface area contributed by atoms with Crippen molar-refractivity contribution in [1.82, 2.24) is 10.1 Å². The lowest BCUT2D eigenvalue weighted by molar-refractivity contribution is 0.0691. The van der Waals surface area contributed by atoms with Crippen LogP contribution in [0.3, 0.4) is 0 Å². The van der Waals surface area contributed by atoms with Crippen LogP contribution in [0.2, 0.25) is 0 Å². The van der Waals surface area contributed by atoms with Crippen LogP contribution in [0, 0.1) is 34.9 Å². The number of carbonyl (C=O) groups is 1. The molecule has 0 aliphatic carbocycles. The van der Waals surface area contributed by atoms with Crippen LogP contribution >= 0.6 is 0 Å². The van der Waals surface area contributed by atoms with Gasteiger partial charge in [-0.25, -0.2) is 36.1 Å². The Labute approximate surface area is 280 Å². The van der Waals surface area contributed by atoms with E-state index in [1.54, 1.807) is 24.3 Å². The SMILES string of the molecule is CC(C)c1onc(COc2c(F)cc(F)cc2F)c1COc1ccc(-c2ccc3nc(C(=O)O)ccc3c2)cc1.Oc1c(F)cc(F)cc1F. The fraction of sp³-hybridized carbons (Fsp3) is 0.139. The minimum Gasteiger partial charge on any atom is -0.503 e. The van der Waals surface area contributed by atoms with E-state index in [-0.39, 0.29) is 24.8 Å². The van der Waals surface area contributed by atoms with E-state index in [9.17, 15) is 31.1 Å². The molecule has 2 N–H and O–H groups in total. The highest BCUT2D eigenvalue weighted by molar-refractivity contribution is 5.91. The number of halogens is 6. The molecule has 258 valence electrons. The number of nitrogens with zero attached hydrogens (tertiary/aromatic N) is 2. The predicted molar refractivity (Wildman–Crippen MR) is 168 cm³/mol. The van der Waals surface area contributed by atoms with E-state index in [1.807, 2.05) is 38.1 Å². The maximum Gasteiger partial charge on any atom is 0.354 e. The molecule has 14 heteroatoms. The zero-order chi connectivity index (χ0) is 36.1. The van der Waals surface area contributed by atoms with Gasteiger partial charge in [0.2, 0.25) is 0 Å². The van der Waals surface area contributed by atoms with Crippen LogP contribution in [0.1, 0.15) is 47.3 Å². The van der Waals surface area contributed by atoms with Crippen LogP contribution in [-0.4, -0.2) is 26.3 Å². The Morgan fingerprint density at radius 2 is 1.36 bits per heavy atom. The van der Waals surface area contributed by atoms with Crippen molar-refractivity contribution in [3.05, 3.63) is 136 Å². The highest BCUT2D eigenvalue weighted by atomic mass is 19.2. The van der Waals surface area contributed by atoms with Crippen molar-refractivity contribution in [3.63, 3.8) is 0 Å². The van der Waals surface area contributed by atoms with Crippen LogP contribution in [-0.2, 0) is 13.2 Å². The van der Waals surface area contributed by atoms with Crippen LogP contribution in [0.15, 0.2) is 83.4 Å². The van der Waals surface area contributed by atoms with Crippen molar-refractivity contribution in [1.29, 1.82) is 0 Å². The minimum absolute atomic E-state index is 0.0142. The molecule has 0 saturated heterocycles. The van der Waals surface area contributed by atoms with Crippen molar-refractivity contribution in [2.75, 3.05) is 0 Å². The van der Waals surface area contributed by atoms with Gasteiger partial charge in [0, 0.05) is 35.6 Å². The molecule has 0 amide bonds. The number of aromatic carboxylic acids is 1. The third-order valence-corrected chi connectivity index (χ3v) is 7.20. The Morgan fingerprint density at radius 3 is 1.96 bits per heavy atom. The van der Waals surface area contributed by atoms with E-state index >= 15 is 0 Å². The van der Waals surface area contributed by atoms with Gasteiger partial charge in [-0.05, 0) is 41.5 Å². The van der Waals surface area contributed by atoms with E-state index in [2.05, 4.69) is 10.1 Å². The Balaban J connectivity index is 0.000000418. The summed E-state index contributed by atoms with van der Waals surface area (Å²) in [7, 11) is 0. The molecule has 0 unspecified atom stereocenters. The number of pyridine rings is 1. The van der Waals surface area contributed by atoms with Gasteiger partial charge in [-0.3, -0.25) is 0 Å². The number of phenolic OH excluding ortho intramolecular Hbond substituents is 1. The number of hydrogen-bond acceptors (Lipinski definition) is 7. The van der Waals surface area contributed by atoms with Gasteiger partial charge in [0.05, 0.1) is 11.1 Å². The van der Waals surface area contributed by atoms with E-state index in [4.69, 9.17) is 24.2 Å². The molecule has 50 heavy (non-hydrogen) atoms. The highest BCUT2D eigenvalue weighted by Crippen LogP contribution is 2.30. The summed E-state index contributed by atoms with van der Waals surface area (Å²) in [4.78, 5) is 15.3. The monoisotopic (exact) mass is 696 g/mol. The van der Waals surface area contributed by atoms with Gasteiger partial charge in [0.1, 0.15) is 47.7 Å². The minimum atomic E-state index is -1.29. The number of rotatable bonds is 9. The van der Waals surface area contributed by atoms with E-state index < -0.39 is 52.4 Å². The molecule has 0 aliphatic rings. The van der Waals surface area contributed by atoms with Gasteiger partial charge in [-0.1, -0.05) is 43.3 Å². The van der Waals surface area contributed by atoms with Crippen molar-refractivity contribution in [2.45, 2.75) is 33.0 Å².